The normalized spacial score (nSPS) is 19.4. The molecule has 1 saturated heterocycles. The van der Waals surface area contributed by atoms with Crippen LogP contribution in [0.5, 0.6) is 5.19 Å². The van der Waals surface area contributed by atoms with Gasteiger partial charge in [0.25, 0.3) is 5.19 Å². The second-order valence-electron chi connectivity index (χ2n) is 5.03. The van der Waals surface area contributed by atoms with E-state index in [1.54, 1.807) is 23.7 Å². The quantitative estimate of drug-likeness (QED) is 0.836. The molecule has 0 aliphatic carbocycles. The van der Waals surface area contributed by atoms with Gasteiger partial charge in [-0.15, -0.1) is 0 Å². The molecular formula is C14H15FN2O3S2. The van der Waals surface area contributed by atoms with Crippen molar-refractivity contribution in [1.29, 1.82) is 0 Å². The fourth-order valence-electron chi connectivity index (χ4n) is 2.36. The first-order chi connectivity index (χ1) is 10.5. The number of hydrogen-bond acceptors (Lipinski definition) is 5. The second kappa shape index (κ2) is 6.31. The Morgan fingerprint density at radius 1 is 1.41 bits per heavy atom. The summed E-state index contributed by atoms with van der Waals surface area (Å²) in [5.74, 6) is -0.829. The highest BCUT2D eigenvalue weighted by atomic mass is 32.2. The molecule has 5 nitrogen and oxygen atoms in total. The number of sulfonamides is 1. The summed E-state index contributed by atoms with van der Waals surface area (Å²) in [6.07, 6.45) is 2.04. The van der Waals surface area contributed by atoms with Gasteiger partial charge in [-0.3, -0.25) is 0 Å². The first-order valence-electron chi connectivity index (χ1n) is 6.82. The lowest BCUT2D eigenvalue weighted by Gasteiger charge is -2.16. The Balaban J connectivity index is 1.65. The van der Waals surface area contributed by atoms with Crippen LogP contribution in [0.3, 0.4) is 0 Å². The molecule has 0 amide bonds. The van der Waals surface area contributed by atoms with Crippen molar-refractivity contribution in [2.75, 3.05) is 13.1 Å². The monoisotopic (exact) mass is 342 g/mol. The summed E-state index contributed by atoms with van der Waals surface area (Å²) in [4.78, 5) is 4.03. The molecule has 0 N–H and O–H groups in total. The zero-order valence-corrected chi connectivity index (χ0v) is 13.3. The molecule has 1 atom stereocenters. The standard InChI is InChI=1S/C14H15FN2O3S2/c15-13-4-2-1-3-11(13)10-22(18,19)17-7-5-12(9-17)20-14-16-6-8-21-14/h1-4,6,8,12H,5,7,9-10H2. The molecule has 1 fully saturated rings. The van der Waals surface area contributed by atoms with E-state index in [4.69, 9.17) is 4.74 Å². The highest BCUT2D eigenvalue weighted by Crippen LogP contribution is 2.23. The minimum Gasteiger partial charge on any atom is -0.465 e. The van der Waals surface area contributed by atoms with Crippen molar-refractivity contribution >= 4 is 21.4 Å². The molecule has 1 aliphatic heterocycles. The Labute approximate surface area is 132 Å². The van der Waals surface area contributed by atoms with E-state index in [1.165, 1.54) is 27.8 Å². The van der Waals surface area contributed by atoms with Crippen molar-refractivity contribution in [3.63, 3.8) is 0 Å². The van der Waals surface area contributed by atoms with Crippen molar-refractivity contribution in [3.8, 4) is 5.19 Å². The molecule has 1 aromatic carbocycles. The van der Waals surface area contributed by atoms with E-state index >= 15 is 0 Å². The topological polar surface area (TPSA) is 59.5 Å². The molecule has 22 heavy (non-hydrogen) atoms. The van der Waals surface area contributed by atoms with Crippen LogP contribution in [-0.2, 0) is 15.8 Å². The average molecular weight is 342 g/mol. The highest BCUT2D eigenvalue weighted by Gasteiger charge is 2.33. The van der Waals surface area contributed by atoms with Crippen molar-refractivity contribution < 1.29 is 17.5 Å². The van der Waals surface area contributed by atoms with Crippen LogP contribution in [0.2, 0.25) is 0 Å². The van der Waals surface area contributed by atoms with Gasteiger partial charge in [-0.2, -0.15) is 4.31 Å². The summed E-state index contributed by atoms with van der Waals surface area (Å²) in [6, 6.07) is 5.93. The number of thiazole rings is 1. The van der Waals surface area contributed by atoms with E-state index in [9.17, 15) is 12.8 Å². The number of rotatable bonds is 5. The third-order valence-electron chi connectivity index (χ3n) is 3.47. The largest absolute Gasteiger partial charge is 0.465 e. The SMILES string of the molecule is O=S(=O)(Cc1ccccc1F)N1CCC(Oc2nccs2)C1. The molecule has 0 saturated carbocycles. The van der Waals surface area contributed by atoms with Gasteiger partial charge in [-0.25, -0.2) is 17.8 Å². The Morgan fingerprint density at radius 2 is 2.23 bits per heavy atom. The smallest absolute Gasteiger partial charge is 0.273 e. The maximum absolute atomic E-state index is 13.6. The number of halogens is 1. The molecule has 0 bridgehead atoms. The molecule has 1 unspecified atom stereocenters. The van der Waals surface area contributed by atoms with Crippen molar-refractivity contribution in [2.24, 2.45) is 0 Å². The minimum atomic E-state index is -3.55. The van der Waals surface area contributed by atoms with Crippen LogP contribution in [0.1, 0.15) is 12.0 Å². The molecule has 0 radical (unpaired) electrons. The Kier molecular flexibility index (Phi) is 4.42. The summed E-state index contributed by atoms with van der Waals surface area (Å²) in [7, 11) is -3.55. The molecule has 3 rings (SSSR count). The summed E-state index contributed by atoms with van der Waals surface area (Å²) in [6.45, 7) is 0.656. The molecule has 1 aliphatic rings. The van der Waals surface area contributed by atoms with Gasteiger partial charge in [0.05, 0.1) is 12.3 Å². The lowest BCUT2D eigenvalue weighted by atomic mass is 10.2. The van der Waals surface area contributed by atoms with Gasteiger partial charge >= 0.3 is 0 Å². The lowest BCUT2D eigenvalue weighted by Crippen LogP contribution is -2.32. The van der Waals surface area contributed by atoms with E-state index in [2.05, 4.69) is 4.98 Å². The van der Waals surface area contributed by atoms with E-state index in [-0.39, 0.29) is 24.0 Å². The maximum atomic E-state index is 13.6. The maximum Gasteiger partial charge on any atom is 0.273 e. The zero-order chi connectivity index (χ0) is 15.6. The van der Waals surface area contributed by atoms with Gasteiger partial charge < -0.3 is 4.74 Å². The number of aromatic nitrogens is 1. The van der Waals surface area contributed by atoms with Crippen LogP contribution in [0.4, 0.5) is 4.39 Å². The summed E-state index contributed by atoms with van der Waals surface area (Å²) >= 11 is 1.37. The highest BCUT2D eigenvalue weighted by molar-refractivity contribution is 7.88. The molecule has 2 heterocycles. The summed E-state index contributed by atoms with van der Waals surface area (Å²) < 4.78 is 45.4. The third-order valence-corrected chi connectivity index (χ3v) is 5.93. The first kappa shape index (κ1) is 15.4. The fourth-order valence-corrected chi connectivity index (χ4v) is 4.50. The predicted octanol–water partition coefficient (Wildman–Crippen LogP) is 2.27. The van der Waals surface area contributed by atoms with Crippen molar-refractivity contribution in [1.82, 2.24) is 9.29 Å². The lowest BCUT2D eigenvalue weighted by molar-refractivity contribution is 0.214. The number of hydrogen-bond donors (Lipinski definition) is 0. The Bertz CT molecular complexity index is 734. The fraction of sp³-hybridized carbons (Fsp3) is 0.357. The van der Waals surface area contributed by atoms with Crippen LogP contribution in [-0.4, -0.2) is 36.9 Å². The van der Waals surface area contributed by atoms with Gasteiger partial charge in [0, 0.05) is 23.7 Å². The van der Waals surface area contributed by atoms with E-state index in [0.717, 1.165) is 0 Å². The third kappa shape index (κ3) is 3.45. The minimum absolute atomic E-state index is 0.187. The second-order valence-corrected chi connectivity index (χ2v) is 7.86. The van der Waals surface area contributed by atoms with Crippen molar-refractivity contribution in [3.05, 3.63) is 47.2 Å². The van der Waals surface area contributed by atoms with Gasteiger partial charge in [-0.05, 0) is 12.5 Å². The number of nitrogens with zero attached hydrogens (tertiary/aromatic N) is 2. The van der Waals surface area contributed by atoms with Crippen molar-refractivity contribution in [2.45, 2.75) is 18.3 Å². The molecular weight excluding hydrogens is 327 g/mol. The van der Waals surface area contributed by atoms with Crippen LogP contribution in [0.15, 0.2) is 35.8 Å². The Morgan fingerprint density at radius 3 is 2.95 bits per heavy atom. The number of ether oxygens (including phenoxy) is 1. The van der Waals surface area contributed by atoms with Gasteiger partial charge in [0.2, 0.25) is 10.0 Å². The summed E-state index contributed by atoms with van der Waals surface area (Å²) in [5, 5.41) is 2.34. The zero-order valence-electron chi connectivity index (χ0n) is 11.7. The molecule has 1 aromatic heterocycles. The molecule has 118 valence electrons. The van der Waals surface area contributed by atoms with Gasteiger partial charge in [0.1, 0.15) is 11.9 Å². The van der Waals surface area contributed by atoms with Crippen LogP contribution >= 0.6 is 11.3 Å². The van der Waals surface area contributed by atoms with Crippen LogP contribution < -0.4 is 4.74 Å². The van der Waals surface area contributed by atoms with E-state index in [1.807, 2.05) is 0 Å². The first-order valence-corrected chi connectivity index (χ1v) is 9.31. The summed E-state index contributed by atoms with van der Waals surface area (Å²) in [5.41, 5.74) is 0.187. The average Bonchev–Trinajstić information content (AvgIpc) is 3.14. The van der Waals surface area contributed by atoms with E-state index in [0.29, 0.717) is 18.2 Å². The molecule has 0 spiro atoms. The van der Waals surface area contributed by atoms with Crippen LogP contribution in [0, 0.1) is 5.82 Å². The molecule has 2 aromatic rings. The van der Waals surface area contributed by atoms with E-state index < -0.39 is 15.8 Å². The number of benzene rings is 1. The van der Waals surface area contributed by atoms with Gasteiger partial charge in [-0.1, -0.05) is 29.5 Å². The van der Waals surface area contributed by atoms with Crippen LogP contribution in [0.25, 0.3) is 0 Å². The Hall–Kier alpha value is -1.51. The van der Waals surface area contributed by atoms with Gasteiger partial charge in [0.15, 0.2) is 0 Å². The predicted molar refractivity (Wildman–Crippen MR) is 81.7 cm³/mol. The molecule has 8 heteroatoms.